The zero-order chi connectivity index (χ0) is 14.3. The maximum atomic E-state index is 11.4. The standard InChI is InChI=1S/C13H25NO4S/c1-2-19(17,18)11-7-10-14-9-6-4-3-5-8-12(14)13(15)16/h12H,2-11H2,1H3,(H,15,16). The van der Waals surface area contributed by atoms with E-state index in [-0.39, 0.29) is 11.5 Å². The summed E-state index contributed by atoms with van der Waals surface area (Å²) in [6, 6.07) is -0.440. The van der Waals surface area contributed by atoms with Crippen LogP contribution in [0.5, 0.6) is 0 Å². The van der Waals surface area contributed by atoms with Crippen molar-refractivity contribution in [1.29, 1.82) is 0 Å². The molecule has 1 unspecified atom stereocenters. The monoisotopic (exact) mass is 291 g/mol. The Hall–Kier alpha value is -0.620. The molecule has 6 heteroatoms. The molecule has 0 saturated carbocycles. The molecule has 1 fully saturated rings. The van der Waals surface area contributed by atoms with Crippen LogP contribution in [-0.4, -0.2) is 55.0 Å². The van der Waals surface area contributed by atoms with Gasteiger partial charge < -0.3 is 5.11 Å². The lowest BCUT2D eigenvalue weighted by atomic mass is 10.0. The van der Waals surface area contributed by atoms with Crippen LogP contribution in [0, 0.1) is 0 Å². The molecule has 1 rings (SSSR count). The second kappa shape index (κ2) is 7.85. The molecule has 0 aromatic carbocycles. The SMILES string of the molecule is CCS(=O)(=O)CCCN1CCCCCCC1C(=O)O. The molecular weight excluding hydrogens is 266 g/mol. The molecule has 1 N–H and O–H groups in total. The molecule has 1 heterocycles. The van der Waals surface area contributed by atoms with Crippen LogP contribution in [0.25, 0.3) is 0 Å². The Morgan fingerprint density at radius 1 is 1.26 bits per heavy atom. The van der Waals surface area contributed by atoms with Gasteiger partial charge in [-0.15, -0.1) is 0 Å². The Morgan fingerprint density at radius 2 is 1.95 bits per heavy atom. The van der Waals surface area contributed by atoms with Crippen molar-refractivity contribution in [2.75, 3.05) is 24.6 Å². The normalized spacial score (nSPS) is 22.7. The lowest BCUT2D eigenvalue weighted by Gasteiger charge is -2.30. The molecule has 1 aliphatic heterocycles. The Bertz CT molecular complexity index is 380. The molecule has 19 heavy (non-hydrogen) atoms. The summed E-state index contributed by atoms with van der Waals surface area (Å²) in [7, 11) is -2.95. The summed E-state index contributed by atoms with van der Waals surface area (Å²) in [5, 5.41) is 9.27. The molecule has 1 aliphatic rings. The van der Waals surface area contributed by atoms with E-state index in [4.69, 9.17) is 0 Å². The number of rotatable bonds is 6. The van der Waals surface area contributed by atoms with Gasteiger partial charge in [0.15, 0.2) is 0 Å². The molecule has 0 amide bonds. The minimum Gasteiger partial charge on any atom is -0.480 e. The number of sulfone groups is 1. The fourth-order valence-corrected chi connectivity index (χ4v) is 3.38. The molecular formula is C13H25NO4S. The number of carbonyl (C=O) groups is 1. The topological polar surface area (TPSA) is 74.7 Å². The highest BCUT2D eigenvalue weighted by molar-refractivity contribution is 7.91. The van der Waals surface area contributed by atoms with E-state index in [2.05, 4.69) is 0 Å². The molecule has 0 aromatic rings. The summed E-state index contributed by atoms with van der Waals surface area (Å²) in [5.41, 5.74) is 0. The number of hydrogen-bond acceptors (Lipinski definition) is 4. The van der Waals surface area contributed by atoms with E-state index in [0.717, 1.165) is 32.2 Å². The Balaban J connectivity index is 2.52. The molecule has 112 valence electrons. The largest absolute Gasteiger partial charge is 0.480 e. The third-order valence-corrected chi connectivity index (χ3v) is 5.53. The number of hydrogen-bond donors (Lipinski definition) is 1. The summed E-state index contributed by atoms with van der Waals surface area (Å²) in [6.45, 7) is 2.98. The van der Waals surface area contributed by atoms with Crippen LogP contribution in [0.4, 0.5) is 0 Å². The number of likely N-dealkylation sites (tertiary alicyclic amines) is 1. The van der Waals surface area contributed by atoms with Crippen molar-refractivity contribution in [3.8, 4) is 0 Å². The number of carboxylic acid groups (broad SMARTS) is 1. The minimum atomic E-state index is -2.95. The van der Waals surface area contributed by atoms with Crippen LogP contribution in [0.2, 0.25) is 0 Å². The Labute approximate surface area is 115 Å². The number of aliphatic carboxylic acids is 1. The first-order chi connectivity index (χ1) is 8.96. The van der Waals surface area contributed by atoms with Gasteiger partial charge in [-0.25, -0.2) is 8.42 Å². The number of nitrogens with zero attached hydrogens (tertiary/aromatic N) is 1. The van der Waals surface area contributed by atoms with Crippen LogP contribution < -0.4 is 0 Å². The number of carboxylic acids is 1. The smallest absolute Gasteiger partial charge is 0.320 e. The van der Waals surface area contributed by atoms with Gasteiger partial charge in [-0.1, -0.05) is 26.2 Å². The van der Waals surface area contributed by atoms with Crippen LogP contribution in [0.1, 0.15) is 45.4 Å². The molecule has 1 atom stereocenters. The molecule has 0 bridgehead atoms. The van der Waals surface area contributed by atoms with Crippen LogP contribution >= 0.6 is 0 Å². The first-order valence-electron chi connectivity index (χ1n) is 7.13. The predicted molar refractivity (Wildman–Crippen MR) is 75.0 cm³/mol. The zero-order valence-corrected chi connectivity index (χ0v) is 12.5. The molecule has 5 nitrogen and oxygen atoms in total. The van der Waals surface area contributed by atoms with Crippen LogP contribution in [0.15, 0.2) is 0 Å². The van der Waals surface area contributed by atoms with Gasteiger partial charge in [0, 0.05) is 5.75 Å². The molecule has 0 aromatic heterocycles. The van der Waals surface area contributed by atoms with Crippen molar-refractivity contribution in [2.45, 2.75) is 51.5 Å². The summed E-state index contributed by atoms with van der Waals surface area (Å²) >= 11 is 0. The van der Waals surface area contributed by atoms with Crippen molar-refractivity contribution in [1.82, 2.24) is 4.90 Å². The van der Waals surface area contributed by atoms with E-state index < -0.39 is 21.8 Å². The fourth-order valence-electron chi connectivity index (χ4n) is 2.52. The maximum absolute atomic E-state index is 11.4. The molecule has 0 aliphatic carbocycles. The minimum absolute atomic E-state index is 0.159. The summed E-state index contributed by atoms with van der Waals surface area (Å²) in [6.07, 6.45) is 5.39. The van der Waals surface area contributed by atoms with E-state index in [1.807, 2.05) is 4.90 Å². The van der Waals surface area contributed by atoms with Crippen molar-refractivity contribution < 1.29 is 18.3 Å². The van der Waals surface area contributed by atoms with E-state index in [0.29, 0.717) is 19.4 Å². The van der Waals surface area contributed by atoms with Gasteiger partial charge in [0.2, 0.25) is 0 Å². The zero-order valence-electron chi connectivity index (χ0n) is 11.7. The highest BCUT2D eigenvalue weighted by Gasteiger charge is 2.26. The quantitative estimate of drug-likeness (QED) is 0.803. The van der Waals surface area contributed by atoms with E-state index >= 15 is 0 Å². The molecule has 0 spiro atoms. The third-order valence-electron chi connectivity index (χ3n) is 3.74. The van der Waals surface area contributed by atoms with Gasteiger partial charge in [0.25, 0.3) is 0 Å². The highest BCUT2D eigenvalue weighted by atomic mass is 32.2. The van der Waals surface area contributed by atoms with E-state index in [1.54, 1.807) is 6.92 Å². The van der Waals surface area contributed by atoms with Gasteiger partial charge in [-0.2, -0.15) is 0 Å². The lowest BCUT2D eigenvalue weighted by molar-refractivity contribution is -0.143. The van der Waals surface area contributed by atoms with Gasteiger partial charge in [-0.3, -0.25) is 9.69 Å². The Kier molecular flexibility index (Phi) is 6.79. The Morgan fingerprint density at radius 3 is 2.58 bits per heavy atom. The van der Waals surface area contributed by atoms with Crippen molar-refractivity contribution in [2.24, 2.45) is 0 Å². The van der Waals surface area contributed by atoms with Gasteiger partial charge in [-0.05, 0) is 32.4 Å². The molecule has 1 saturated heterocycles. The first-order valence-corrected chi connectivity index (χ1v) is 8.95. The van der Waals surface area contributed by atoms with Gasteiger partial charge in [0.1, 0.15) is 15.9 Å². The summed E-state index contributed by atoms with van der Waals surface area (Å²) < 4.78 is 22.9. The van der Waals surface area contributed by atoms with Crippen LogP contribution in [-0.2, 0) is 14.6 Å². The first kappa shape index (κ1) is 16.4. The summed E-state index contributed by atoms with van der Waals surface area (Å²) in [5.74, 6) is -0.456. The maximum Gasteiger partial charge on any atom is 0.320 e. The third kappa shape index (κ3) is 5.91. The predicted octanol–water partition coefficient (Wildman–Crippen LogP) is 1.53. The van der Waals surface area contributed by atoms with E-state index in [9.17, 15) is 18.3 Å². The molecule has 0 radical (unpaired) electrons. The van der Waals surface area contributed by atoms with Crippen molar-refractivity contribution in [3.05, 3.63) is 0 Å². The van der Waals surface area contributed by atoms with Crippen molar-refractivity contribution >= 4 is 15.8 Å². The summed E-state index contributed by atoms with van der Waals surface area (Å²) in [4.78, 5) is 13.2. The van der Waals surface area contributed by atoms with Gasteiger partial charge in [0.05, 0.1) is 5.75 Å². The average molecular weight is 291 g/mol. The van der Waals surface area contributed by atoms with Crippen molar-refractivity contribution in [3.63, 3.8) is 0 Å². The average Bonchev–Trinajstić information content (AvgIpc) is 2.31. The highest BCUT2D eigenvalue weighted by Crippen LogP contribution is 2.17. The second-order valence-corrected chi connectivity index (χ2v) is 7.66. The van der Waals surface area contributed by atoms with Crippen LogP contribution in [0.3, 0.4) is 0 Å². The van der Waals surface area contributed by atoms with E-state index in [1.165, 1.54) is 0 Å². The second-order valence-electron chi connectivity index (χ2n) is 5.18. The fraction of sp³-hybridized carbons (Fsp3) is 0.923. The van der Waals surface area contributed by atoms with Gasteiger partial charge >= 0.3 is 5.97 Å². The lowest BCUT2D eigenvalue weighted by Crippen LogP contribution is -2.43.